The van der Waals surface area contributed by atoms with Crippen molar-refractivity contribution in [1.29, 1.82) is 5.26 Å². The van der Waals surface area contributed by atoms with E-state index in [4.69, 9.17) is 5.26 Å². The van der Waals surface area contributed by atoms with Crippen LogP contribution in [0.4, 0.5) is 0 Å². The Morgan fingerprint density at radius 1 is 1.60 bits per heavy atom. The molecule has 0 unspecified atom stereocenters. The van der Waals surface area contributed by atoms with Crippen LogP contribution in [0.3, 0.4) is 0 Å². The zero-order valence-electron chi connectivity index (χ0n) is 5.93. The molecule has 0 aromatic carbocycles. The molecule has 0 atom stereocenters. The molecule has 2 N–H and O–H groups in total. The maximum atomic E-state index is 10.7. The number of nitrogens with one attached hydrogen (secondary N) is 2. The van der Waals surface area contributed by atoms with Crippen molar-refractivity contribution in [3.63, 3.8) is 0 Å². The Morgan fingerprint density at radius 3 is 2.50 bits per heavy atom. The summed E-state index contributed by atoms with van der Waals surface area (Å²) < 4.78 is 0. The molecule has 54 valence electrons. The molecule has 0 bridgehead atoms. The SMILES string of the molecule is CN/C=C(\C#N)C(=O)NC. The molecule has 4 nitrogen and oxygen atoms in total. The smallest absolute Gasteiger partial charge is 0.263 e. The minimum atomic E-state index is -0.378. The maximum Gasteiger partial charge on any atom is 0.263 e. The summed E-state index contributed by atoms with van der Waals surface area (Å²) in [5.74, 6) is -0.378. The summed E-state index contributed by atoms with van der Waals surface area (Å²) in [5, 5.41) is 13.3. The van der Waals surface area contributed by atoms with Gasteiger partial charge in [-0.3, -0.25) is 4.79 Å². The first-order valence-electron chi connectivity index (χ1n) is 2.76. The largest absolute Gasteiger partial charge is 0.393 e. The second-order valence-corrected chi connectivity index (χ2v) is 1.54. The van der Waals surface area contributed by atoms with Crippen LogP contribution in [0.25, 0.3) is 0 Å². The van der Waals surface area contributed by atoms with Crippen LogP contribution < -0.4 is 10.6 Å². The van der Waals surface area contributed by atoms with Crippen molar-refractivity contribution in [2.24, 2.45) is 0 Å². The van der Waals surface area contributed by atoms with Crippen molar-refractivity contribution in [2.45, 2.75) is 0 Å². The highest BCUT2D eigenvalue weighted by Gasteiger charge is 2.03. The first-order chi connectivity index (χ1) is 4.76. The van der Waals surface area contributed by atoms with Crippen molar-refractivity contribution in [2.75, 3.05) is 14.1 Å². The first-order valence-corrected chi connectivity index (χ1v) is 2.76. The highest BCUT2D eigenvalue weighted by molar-refractivity contribution is 5.96. The zero-order valence-corrected chi connectivity index (χ0v) is 5.93. The molecule has 0 radical (unpaired) electrons. The Hall–Kier alpha value is -1.50. The molecule has 0 aromatic rings. The average Bonchev–Trinajstić information content (AvgIpc) is 1.99. The van der Waals surface area contributed by atoms with Gasteiger partial charge in [0.15, 0.2) is 0 Å². The van der Waals surface area contributed by atoms with E-state index in [1.807, 2.05) is 0 Å². The van der Waals surface area contributed by atoms with E-state index in [-0.39, 0.29) is 11.5 Å². The monoisotopic (exact) mass is 139 g/mol. The Kier molecular flexibility index (Phi) is 3.73. The molecule has 1 amide bonds. The van der Waals surface area contributed by atoms with Crippen LogP contribution in [0.2, 0.25) is 0 Å². The van der Waals surface area contributed by atoms with Crippen LogP contribution in [0.15, 0.2) is 11.8 Å². The highest BCUT2D eigenvalue weighted by atomic mass is 16.1. The lowest BCUT2D eigenvalue weighted by atomic mass is 10.3. The van der Waals surface area contributed by atoms with Gasteiger partial charge in [0.2, 0.25) is 0 Å². The first kappa shape index (κ1) is 8.50. The van der Waals surface area contributed by atoms with Crippen molar-refractivity contribution in [1.82, 2.24) is 10.6 Å². The summed E-state index contributed by atoms with van der Waals surface area (Å²) in [6.45, 7) is 0. The third-order valence-electron chi connectivity index (χ3n) is 0.881. The van der Waals surface area contributed by atoms with Crippen molar-refractivity contribution in [3.05, 3.63) is 11.8 Å². The van der Waals surface area contributed by atoms with E-state index in [0.717, 1.165) is 0 Å². The van der Waals surface area contributed by atoms with Crippen LogP contribution in [0, 0.1) is 11.3 Å². The third kappa shape index (κ3) is 2.18. The Bertz CT molecular complexity index is 190. The van der Waals surface area contributed by atoms with Gasteiger partial charge < -0.3 is 10.6 Å². The number of carbonyl (C=O) groups excluding carboxylic acids is 1. The van der Waals surface area contributed by atoms with Crippen LogP contribution in [0.5, 0.6) is 0 Å². The summed E-state index contributed by atoms with van der Waals surface area (Å²) in [6.07, 6.45) is 1.35. The van der Waals surface area contributed by atoms with Crippen LogP contribution in [-0.2, 0) is 4.79 Å². The van der Waals surface area contributed by atoms with E-state index in [1.54, 1.807) is 13.1 Å². The fraction of sp³-hybridized carbons (Fsp3) is 0.333. The molecule has 0 heterocycles. The van der Waals surface area contributed by atoms with E-state index in [2.05, 4.69) is 10.6 Å². The minimum absolute atomic E-state index is 0.0741. The molecule has 0 spiro atoms. The molecule has 0 aliphatic heterocycles. The molecule has 10 heavy (non-hydrogen) atoms. The zero-order chi connectivity index (χ0) is 7.98. The van der Waals surface area contributed by atoms with Gasteiger partial charge in [0.05, 0.1) is 0 Å². The number of hydrogen-bond acceptors (Lipinski definition) is 3. The molecule has 0 fully saturated rings. The Morgan fingerprint density at radius 2 is 2.20 bits per heavy atom. The number of likely N-dealkylation sites (N-methyl/N-ethyl adjacent to an activating group) is 1. The van der Waals surface area contributed by atoms with Gasteiger partial charge in [-0.05, 0) is 0 Å². The summed E-state index contributed by atoms with van der Waals surface area (Å²) in [4.78, 5) is 10.7. The molecular formula is C6H9N3O. The van der Waals surface area contributed by atoms with Crippen molar-refractivity contribution in [3.8, 4) is 6.07 Å². The quantitative estimate of drug-likeness (QED) is 0.395. The van der Waals surface area contributed by atoms with Gasteiger partial charge in [0.1, 0.15) is 11.6 Å². The van der Waals surface area contributed by atoms with E-state index < -0.39 is 0 Å². The van der Waals surface area contributed by atoms with E-state index in [9.17, 15) is 4.79 Å². The number of nitrogens with zero attached hydrogens (tertiary/aromatic N) is 1. The lowest BCUT2D eigenvalue weighted by molar-refractivity contribution is -0.116. The van der Waals surface area contributed by atoms with Gasteiger partial charge >= 0.3 is 0 Å². The second kappa shape index (κ2) is 4.39. The lowest BCUT2D eigenvalue weighted by Crippen LogP contribution is -2.20. The molecule has 0 aliphatic rings. The molecule has 4 heteroatoms. The number of hydrogen-bond donors (Lipinski definition) is 2. The number of carbonyl (C=O) groups is 1. The average molecular weight is 139 g/mol. The van der Waals surface area contributed by atoms with Gasteiger partial charge in [0.25, 0.3) is 5.91 Å². The van der Waals surface area contributed by atoms with Gasteiger partial charge in [0, 0.05) is 20.3 Å². The normalized spacial score (nSPS) is 9.90. The summed E-state index contributed by atoms with van der Waals surface area (Å²) in [5.41, 5.74) is 0.0741. The van der Waals surface area contributed by atoms with Gasteiger partial charge in [-0.15, -0.1) is 0 Å². The summed E-state index contributed by atoms with van der Waals surface area (Å²) in [6, 6.07) is 1.74. The standard InChI is InChI=1S/C6H9N3O/c1-8-4-5(3-7)6(10)9-2/h4,8H,1-2H3,(H,9,10)/b5-4+. The Balaban J connectivity index is 4.25. The van der Waals surface area contributed by atoms with E-state index in [1.165, 1.54) is 13.2 Å². The fourth-order valence-corrected chi connectivity index (χ4v) is 0.428. The fourth-order valence-electron chi connectivity index (χ4n) is 0.428. The predicted octanol–water partition coefficient (Wildman–Crippen LogP) is -0.641. The maximum absolute atomic E-state index is 10.7. The third-order valence-corrected chi connectivity index (χ3v) is 0.881. The van der Waals surface area contributed by atoms with Gasteiger partial charge in [-0.25, -0.2) is 0 Å². The van der Waals surface area contributed by atoms with E-state index >= 15 is 0 Å². The molecule has 0 rings (SSSR count). The van der Waals surface area contributed by atoms with Crippen LogP contribution in [-0.4, -0.2) is 20.0 Å². The number of nitriles is 1. The van der Waals surface area contributed by atoms with Gasteiger partial charge in [-0.2, -0.15) is 5.26 Å². The molecule has 0 saturated carbocycles. The Labute approximate surface area is 59.5 Å². The second-order valence-electron chi connectivity index (χ2n) is 1.54. The predicted molar refractivity (Wildman–Crippen MR) is 36.8 cm³/mol. The lowest BCUT2D eigenvalue weighted by Gasteiger charge is -1.94. The van der Waals surface area contributed by atoms with Crippen LogP contribution in [0.1, 0.15) is 0 Å². The molecule has 0 aromatic heterocycles. The summed E-state index contributed by atoms with van der Waals surface area (Å²) >= 11 is 0. The van der Waals surface area contributed by atoms with E-state index in [0.29, 0.717) is 0 Å². The topological polar surface area (TPSA) is 64.9 Å². The van der Waals surface area contributed by atoms with Gasteiger partial charge in [-0.1, -0.05) is 0 Å². The molecular weight excluding hydrogens is 130 g/mol. The number of amides is 1. The molecule has 0 aliphatic carbocycles. The van der Waals surface area contributed by atoms with Crippen molar-refractivity contribution < 1.29 is 4.79 Å². The summed E-state index contributed by atoms with van der Waals surface area (Å²) in [7, 11) is 3.10. The number of rotatable bonds is 2. The molecule has 0 saturated heterocycles. The highest BCUT2D eigenvalue weighted by Crippen LogP contribution is 1.87. The van der Waals surface area contributed by atoms with Crippen LogP contribution >= 0.6 is 0 Å². The van der Waals surface area contributed by atoms with Crippen molar-refractivity contribution >= 4 is 5.91 Å². The minimum Gasteiger partial charge on any atom is -0.393 e.